The Morgan fingerprint density at radius 1 is 1.21 bits per heavy atom. The van der Waals surface area contributed by atoms with Crippen LogP contribution in [0.5, 0.6) is 5.75 Å². The molecule has 1 spiro atoms. The fraction of sp³-hybridized carbons (Fsp3) is 0.333. The Bertz CT molecular complexity index is 1300. The average Bonchev–Trinajstić information content (AvgIpc) is 3.61. The molecule has 2 bridgehead atoms. The van der Waals surface area contributed by atoms with Gasteiger partial charge in [0.05, 0.1) is 31.6 Å². The zero-order valence-corrected chi connectivity index (χ0v) is 19.0. The van der Waals surface area contributed by atoms with Gasteiger partial charge in [0.1, 0.15) is 11.4 Å². The molecule has 4 heterocycles. The number of nitrogens with one attached hydrogen (secondary N) is 2. The van der Waals surface area contributed by atoms with Gasteiger partial charge in [-0.15, -0.1) is 0 Å². The third kappa shape index (κ3) is 3.22. The van der Waals surface area contributed by atoms with Crippen molar-refractivity contribution >= 4 is 22.7 Å². The van der Waals surface area contributed by atoms with Crippen molar-refractivity contribution in [2.24, 2.45) is 11.8 Å². The van der Waals surface area contributed by atoms with Crippen LogP contribution >= 0.6 is 0 Å². The lowest BCUT2D eigenvalue weighted by Crippen LogP contribution is -2.44. The molecule has 3 aromatic rings. The molecule has 2 aromatic carbocycles. The van der Waals surface area contributed by atoms with E-state index in [4.69, 9.17) is 9.47 Å². The van der Waals surface area contributed by atoms with Crippen molar-refractivity contribution in [2.75, 3.05) is 20.2 Å². The van der Waals surface area contributed by atoms with Crippen LogP contribution in [0.1, 0.15) is 11.1 Å². The summed E-state index contributed by atoms with van der Waals surface area (Å²) in [6.07, 6.45) is 6.34. The van der Waals surface area contributed by atoms with Gasteiger partial charge < -0.3 is 24.7 Å². The van der Waals surface area contributed by atoms with Crippen LogP contribution in [0, 0.1) is 11.8 Å². The number of amides is 2. The zero-order chi connectivity index (χ0) is 23.3. The van der Waals surface area contributed by atoms with Crippen molar-refractivity contribution < 1.29 is 19.1 Å². The van der Waals surface area contributed by atoms with Crippen molar-refractivity contribution in [3.63, 3.8) is 0 Å². The van der Waals surface area contributed by atoms with Gasteiger partial charge in [0, 0.05) is 35.8 Å². The lowest BCUT2D eigenvalue weighted by Gasteiger charge is -2.23. The Labute approximate surface area is 197 Å². The number of nitrogens with zero attached hydrogens (tertiary/aromatic N) is 1. The first-order valence-corrected chi connectivity index (χ1v) is 11.7. The maximum atomic E-state index is 13.5. The molecule has 7 nitrogen and oxygen atoms in total. The number of para-hydroxylation sites is 2. The fourth-order valence-electron chi connectivity index (χ4n) is 5.81. The van der Waals surface area contributed by atoms with Gasteiger partial charge in [0.2, 0.25) is 11.8 Å². The number of rotatable bonds is 7. The molecule has 2 fully saturated rings. The number of ether oxygens (including phenoxy) is 2. The van der Waals surface area contributed by atoms with Gasteiger partial charge in [-0.05, 0) is 24.1 Å². The average molecular weight is 458 g/mol. The normalized spacial score (nSPS) is 26.9. The van der Waals surface area contributed by atoms with E-state index < -0.39 is 17.4 Å². The first kappa shape index (κ1) is 21.0. The molecule has 2 N–H and O–H groups in total. The van der Waals surface area contributed by atoms with Crippen molar-refractivity contribution in [3.05, 3.63) is 78.0 Å². The van der Waals surface area contributed by atoms with E-state index in [1.54, 1.807) is 7.11 Å². The van der Waals surface area contributed by atoms with E-state index in [9.17, 15) is 9.59 Å². The van der Waals surface area contributed by atoms with Crippen LogP contribution in [0.4, 0.5) is 0 Å². The molecule has 7 heteroatoms. The largest absolute Gasteiger partial charge is 0.496 e. The Hall–Kier alpha value is -3.58. The number of methoxy groups -OCH3 is 1. The summed E-state index contributed by atoms with van der Waals surface area (Å²) in [5.74, 6) is -0.430. The van der Waals surface area contributed by atoms with E-state index in [0.717, 1.165) is 23.3 Å². The molecule has 34 heavy (non-hydrogen) atoms. The van der Waals surface area contributed by atoms with Crippen LogP contribution in [-0.2, 0) is 27.3 Å². The van der Waals surface area contributed by atoms with E-state index in [2.05, 4.69) is 22.4 Å². The molecule has 1 aromatic heterocycles. The van der Waals surface area contributed by atoms with E-state index in [-0.39, 0.29) is 17.9 Å². The SMILES string of the molecule is COc1ccccc1CNC(=O)C1C2C=CC3(CN(CCc4c[nH]c5ccccc45)C(=O)C13)O2. The lowest BCUT2D eigenvalue weighted by molar-refractivity contribution is -0.137. The topological polar surface area (TPSA) is 83.7 Å². The summed E-state index contributed by atoms with van der Waals surface area (Å²) in [5, 5.41) is 4.19. The molecular formula is C27H27N3O4. The monoisotopic (exact) mass is 457 g/mol. The molecule has 2 saturated heterocycles. The molecule has 4 unspecified atom stereocenters. The predicted molar refractivity (Wildman–Crippen MR) is 127 cm³/mol. The first-order valence-electron chi connectivity index (χ1n) is 11.7. The Balaban J connectivity index is 1.16. The molecule has 3 aliphatic heterocycles. The highest BCUT2D eigenvalue weighted by molar-refractivity contribution is 5.93. The van der Waals surface area contributed by atoms with Crippen LogP contribution < -0.4 is 10.1 Å². The third-order valence-corrected chi connectivity index (χ3v) is 7.45. The number of hydrogen-bond acceptors (Lipinski definition) is 4. The number of hydrogen-bond donors (Lipinski definition) is 2. The van der Waals surface area contributed by atoms with Gasteiger partial charge in [-0.2, -0.15) is 0 Å². The van der Waals surface area contributed by atoms with Crippen molar-refractivity contribution in [1.29, 1.82) is 0 Å². The van der Waals surface area contributed by atoms with E-state index >= 15 is 0 Å². The maximum Gasteiger partial charge on any atom is 0.230 e. The minimum Gasteiger partial charge on any atom is -0.496 e. The molecule has 0 aliphatic carbocycles. The van der Waals surface area contributed by atoms with Crippen molar-refractivity contribution in [2.45, 2.75) is 24.7 Å². The van der Waals surface area contributed by atoms with Gasteiger partial charge in [-0.3, -0.25) is 9.59 Å². The van der Waals surface area contributed by atoms with Crippen LogP contribution in [0.3, 0.4) is 0 Å². The van der Waals surface area contributed by atoms with Crippen LogP contribution in [0.15, 0.2) is 66.9 Å². The highest BCUT2D eigenvalue weighted by Crippen LogP contribution is 2.51. The predicted octanol–water partition coefficient (Wildman–Crippen LogP) is 2.82. The molecule has 174 valence electrons. The molecule has 2 amide bonds. The standard InChI is InChI=1S/C27H27N3O4/c1-33-21-9-5-2-6-18(21)15-29-25(31)23-22-10-12-27(34-22)16-30(26(32)24(23)27)13-11-17-14-28-20-8-4-3-7-19(17)20/h2-10,12,14,22-24,28H,11,13,15-16H2,1H3,(H,29,31). The minimum atomic E-state index is -0.700. The Morgan fingerprint density at radius 2 is 2.03 bits per heavy atom. The summed E-state index contributed by atoms with van der Waals surface area (Å²) in [7, 11) is 1.61. The van der Waals surface area contributed by atoms with Gasteiger partial charge in [-0.25, -0.2) is 0 Å². The second-order valence-corrected chi connectivity index (χ2v) is 9.30. The van der Waals surface area contributed by atoms with Crippen LogP contribution in [-0.4, -0.2) is 53.6 Å². The van der Waals surface area contributed by atoms with Crippen LogP contribution in [0.25, 0.3) is 10.9 Å². The van der Waals surface area contributed by atoms with Gasteiger partial charge >= 0.3 is 0 Å². The summed E-state index contributed by atoms with van der Waals surface area (Å²) in [6.45, 7) is 1.42. The first-order chi connectivity index (χ1) is 16.6. The van der Waals surface area contributed by atoms with Gasteiger partial charge in [-0.1, -0.05) is 48.6 Å². The third-order valence-electron chi connectivity index (χ3n) is 7.45. The van der Waals surface area contributed by atoms with Crippen molar-refractivity contribution in [3.8, 4) is 5.75 Å². The fourth-order valence-corrected chi connectivity index (χ4v) is 5.81. The number of aromatic nitrogens is 1. The number of H-pyrrole nitrogens is 1. The molecule has 3 aliphatic rings. The minimum absolute atomic E-state index is 0.00383. The van der Waals surface area contributed by atoms with E-state index in [1.807, 2.05) is 59.6 Å². The number of aromatic amines is 1. The highest BCUT2D eigenvalue weighted by atomic mass is 16.5. The van der Waals surface area contributed by atoms with E-state index in [0.29, 0.717) is 19.6 Å². The number of benzene rings is 2. The van der Waals surface area contributed by atoms with Gasteiger partial charge in [0.25, 0.3) is 0 Å². The van der Waals surface area contributed by atoms with Crippen LogP contribution in [0.2, 0.25) is 0 Å². The molecule has 0 radical (unpaired) electrons. The maximum absolute atomic E-state index is 13.5. The summed E-state index contributed by atoms with van der Waals surface area (Å²) >= 11 is 0. The summed E-state index contributed by atoms with van der Waals surface area (Å²) in [5.41, 5.74) is 2.47. The molecular weight excluding hydrogens is 430 g/mol. The zero-order valence-electron chi connectivity index (χ0n) is 19.0. The number of carbonyl (C=O) groups excluding carboxylic acids is 2. The number of fused-ring (bicyclic) bond motifs is 2. The molecule has 4 atom stereocenters. The summed E-state index contributed by atoms with van der Waals surface area (Å²) in [4.78, 5) is 31.9. The smallest absolute Gasteiger partial charge is 0.230 e. The lowest BCUT2D eigenvalue weighted by atomic mass is 9.77. The number of carbonyl (C=O) groups is 2. The van der Waals surface area contributed by atoms with Crippen molar-refractivity contribution in [1.82, 2.24) is 15.2 Å². The second kappa shape index (κ2) is 8.02. The van der Waals surface area contributed by atoms with E-state index in [1.165, 1.54) is 10.9 Å². The Morgan fingerprint density at radius 3 is 2.91 bits per heavy atom. The summed E-state index contributed by atoms with van der Waals surface area (Å²) < 4.78 is 11.6. The Kier molecular flexibility index (Phi) is 4.95. The quantitative estimate of drug-likeness (QED) is 0.535. The highest BCUT2D eigenvalue weighted by Gasteiger charge is 2.66. The second-order valence-electron chi connectivity index (χ2n) is 9.30. The van der Waals surface area contributed by atoms with Gasteiger partial charge in [0.15, 0.2) is 0 Å². The number of likely N-dealkylation sites (tertiary alicyclic amines) is 1. The molecule has 0 saturated carbocycles. The summed E-state index contributed by atoms with van der Waals surface area (Å²) in [6, 6.07) is 15.8. The molecule has 6 rings (SSSR count).